The van der Waals surface area contributed by atoms with E-state index in [0.717, 1.165) is 4.90 Å². The summed E-state index contributed by atoms with van der Waals surface area (Å²) in [6, 6.07) is 0. The van der Waals surface area contributed by atoms with Crippen molar-refractivity contribution < 1.29 is 9.59 Å². The third kappa shape index (κ3) is 1.88. The minimum Gasteiger partial charge on any atom is -0.269 e. The molecule has 3 nitrogen and oxygen atoms in total. The highest BCUT2D eigenvalue weighted by Crippen LogP contribution is 2.13. The summed E-state index contributed by atoms with van der Waals surface area (Å²) < 4.78 is 0. The summed E-state index contributed by atoms with van der Waals surface area (Å²) in [5.74, 6) is -0.617. The topological polar surface area (TPSA) is 37.4 Å². The van der Waals surface area contributed by atoms with Crippen LogP contribution in [0.25, 0.3) is 0 Å². The van der Waals surface area contributed by atoms with Gasteiger partial charge in [0.2, 0.25) is 0 Å². The van der Waals surface area contributed by atoms with Crippen LogP contribution in [0.5, 0.6) is 0 Å². The highest BCUT2D eigenvalue weighted by atomic mass is 16.2. The first-order chi connectivity index (χ1) is 6.70. The fourth-order valence-corrected chi connectivity index (χ4v) is 1.12. The van der Waals surface area contributed by atoms with Crippen molar-refractivity contribution in [2.24, 2.45) is 0 Å². The van der Waals surface area contributed by atoms with E-state index in [1.54, 1.807) is 31.2 Å². The molecule has 0 bridgehead atoms. The van der Waals surface area contributed by atoms with Gasteiger partial charge in [0.05, 0.1) is 0 Å². The lowest BCUT2D eigenvalue weighted by molar-refractivity contribution is -0.134. The zero-order valence-corrected chi connectivity index (χ0v) is 7.93. The molecule has 1 aliphatic heterocycles. The van der Waals surface area contributed by atoms with Gasteiger partial charge in [0.15, 0.2) is 0 Å². The van der Waals surface area contributed by atoms with E-state index >= 15 is 0 Å². The molecular formula is C11H11NO2. The number of hydrogen-bond donors (Lipinski definition) is 0. The SMILES string of the molecule is C=C/C=C\C(=C/C)N1C(=O)C=CC1=O. The standard InChI is InChI=1S/C11H11NO2/c1-3-5-6-9(4-2)12-10(13)7-8-11(12)14/h3-8H,1H2,2H3/b6-5-,9-4+. The molecule has 0 N–H and O–H groups in total. The highest BCUT2D eigenvalue weighted by molar-refractivity contribution is 6.14. The predicted molar refractivity (Wildman–Crippen MR) is 54.1 cm³/mol. The molecule has 1 aliphatic rings. The summed E-state index contributed by atoms with van der Waals surface area (Å²) in [6.45, 7) is 5.28. The van der Waals surface area contributed by atoms with E-state index < -0.39 is 0 Å². The molecule has 0 aromatic heterocycles. The Morgan fingerprint density at radius 1 is 1.36 bits per heavy atom. The maximum atomic E-state index is 11.3. The molecule has 0 fully saturated rings. The minimum atomic E-state index is -0.309. The van der Waals surface area contributed by atoms with Crippen LogP contribution < -0.4 is 0 Å². The van der Waals surface area contributed by atoms with Crippen molar-refractivity contribution in [3.63, 3.8) is 0 Å². The van der Waals surface area contributed by atoms with E-state index in [1.165, 1.54) is 12.2 Å². The highest BCUT2D eigenvalue weighted by Gasteiger charge is 2.24. The molecule has 3 heteroatoms. The summed E-state index contributed by atoms with van der Waals surface area (Å²) in [6.07, 6.45) is 9.13. The van der Waals surface area contributed by atoms with E-state index in [0.29, 0.717) is 5.70 Å². The quantitative estimate of drug-likeness (QED) is 0.499. The van der Waals surface area contributed by atoms with Gasteiger partial charge in [-0.15, -0.1) is 0 Å². The first-order valence-corrected chi connectivity index (χ1v) is 4.22. The second kappa shape index (κ2) is 4.37. The summed E-state index contributed by atoms with van der Waals surface area (Å²) in [5, 5.41) is 0. The molecule has 1 heterocycles. The van der Waals surface area contributed by atoms with Gasteiger partial charge in [-0.3, -0.25) is 9.59 Å². The maximum absolute atomic E-state index is 11.3. The predicted octanol–water partition coefficient (Wildman–Crippen LogP) is 1.56. The molecule has 72 valence electrons. The Hall–Kier alpha value is -1.90. The van der Waals surface area contributed by atoms with E-state index in [1.807, 2.05) is 0 Å². The van der Waals surface area contributed by atoms with Crippen LogP contribution in [-0.2, 0) is 9.59 Å². The van der Waals surface area contributed by atoms with E-state index in [2.05, 4.69) is 6.58 Å². The maximum Gasteiger partial charge on any atom is 0.258 e. The zero-order valence-electron chi connectivity index (χ0n) is 7.93. The third-order valence-electron chi connectivity index (χ3n) is 1.77. The van der Waals surface area contributed by atoms with Crippen molar-refractivity contribution in [1.82, 2.24) is 4.90 Å². The number of carbonyl (C=O) groups is 2. The minimum absolute atomic E-state index is 0.309. The Morgan fingerprint density at radius 3 is 2.36 bits per heavy atom. The van der Waals surface area contributed by atoms with Crippen molar-refractivity contribution in [3.8, 4) is 0 Å². The van der Waals surface area contributed by atoms with Gasteiger partial charge in [0.1, 0.15) is 0 Å². The second-order valence-corrected chi connectivity index (χ2v) is 2.65. The van der Waals surface area contributed by atoms with Gasteiger partial charge in [-0.25, -0.2) is 4.90 Å². The molecule has 0 atom stereocenters. The molecule has 2 amide bonds. The molecule has 0 unspecified atom stereocenters. The van der Waals surface area contributed by atoms with Gasteiger partial charge in [-0.05, 0) is 13.0 Å². The lowest BCUT2D eigenvalue weighted by Crippen LogP contribution is -2.28. The number of imide groups is 1. The van der Waals surface area contributed by atoms with Crippen molar-refractivity contribution in [2.75, 3.05) is 0 Å². The number of hydrogen-bond acceptors (Lipinski definition) is 2. The van der Waals surface area contributed by atoms with Crippen LogP contribution in [0.15, 0.2) is 48.7 Å². The first kappa shape index (κ1) is 10.2. The van der Waals surface area contributed by atoms with Crippen LogP contribution in [-0.4, -0.2) is 16.7 Å². The summed E-state index contributed by atoms with van der Waals surface area (Å²) >= 11 is 0. The van der Waals surface area contributed by atoms with Gasteiger partial charge in [-0.2, -0.15) is 0 Å². The van der Waals surface area contributed by atoms with E-state index in [9.17, 15) is 9.59 Å². The normalized spacial score (nSPS) is 17.2. The number of carbonyl (C=O) groups excluding carboxylic acids is 2. The monoisotopic (exact) mass is 189 g/mol. The van der Waals surface area contributed by atoms with Crippen molar-refractivity contribution in [2.45, 2.75) is 6.92 Å². The van der Waals surface area contributed by atoms with Crippen LogP contribution in [0.2, 0.25) is 0 Å². The fourth-order valence-electron chi connectivity index (χ4n) is 1.12. The molecule has 0 radical (unpaired) electrons. The van der Waals surface area contributed by atoms with Crippen molar-refractivity contribution in [3.05, 3.63) is 48.7 Å². The van der Waals surface area contributed by atoms with Crippen molar-refractivity contribution >= 4 is 11.8 Å². The Bertz CT molecular complexity index is 343. The molecule has 0 saturated heterocycles. The lowest BCUT2D eigenvalue weighted by Gasteiger charge is -2.13. The molecule has 0 saturated carbocycles. The van der Waals surface area contributed by atoms with Gasteiger partial charge in [-0.1, -0.05) is 24.8 Å². The Labute approximate surface area is 82.7 Å². The lowest BCUT2D eigenvalue weighted by atomic mass is 10.3. The van der Waals surface area contributed by atoms with Gasteiger partial charge in [0, 0.05) is 17.8 Å². The zero-order chi connectivity index (χ0) is 10.6. The summed E-state index contributed by atoms with van der Waals surface area (Å²) in [4.78, 5) is 23.6. The number of amides is 2. The summed E-state index contributed by atoms with van der Waals surface area (Å²) in [7, 11) is 0. The van der Waals surface area contributed by atoms with Gasteiger partial charge >= 0.3 is 0 Å². The Kier molecular flexibility index (Phi) is 3.18. The molecule has 0 aliphatic carbocycles. The first-order valence-electron chi connectivity index (χ1n) is 4.22. The number of rotatable bonds is 3. The van der Waals surface area contributed by atoms with Crippen LogP contribution in [0.4, 0.5) is 0 Å². The number of nitrogens with zero attached hydrogens (tertiary/aromatic N) is 1. The van der Waals surface area contributed by atoms with Crippen molar-refractivity contribution in [1.29, 1.82) is 0 Å². The van der Waals surface area contributed by atoms with Crippen LogP contribution in [0, 0.1) is 0 Å². The van der Waals surface area contributed by atoms with Gasteiger partial charge in [0.25, 0.3) is 11.8 Å². The van der Waals surface area contributed by atoms with Crippen LogP contribution >= 0.6 is 0 Å². The molecular weight excluding hydrogens is 178 g/mol. The van der Waals surface area contributed by atoms with Crippen LogP contribution in [0.1, 0.15) is 6.92 Å². The molecule has 0 spiro atoms. The van der Waals surface area contributed by atoms with Crippen LogP contribution in [0.3, 0.4) is 0 Å². The smallest absolute Gasteiger partial charge is 0.258 e. The van der Waals surface area contributed by atoms with Gasteiger partial charge < -0.3 is 0 Å². The third-order valence-corrected chi connectivity index (χ3v) is 1.77. The average Bonchev–Trinajstić information content (AvgIpc) is 2.50. The average molecular weight is 189 g/mol. The van der Waals surface area contributed by atoms with E-state index in [4.69, 9.17) is 0 Å². The number of allylic oxidation sites excluding steroid dienone is 4. The second-order valence-electron chi connectivity index (χ2n) is 2.65. The fraction of sp³-hybridized carbons (Fsp3) is 0.0909. The molecule has 14 heavy (non-hydrogen) atoms. The summed E-state index contributed by atoms with van der Waals surface area (Å²) in [5.41, 5.74) is 0.560. The largest absolute Gasteiger partial charge is 0.269 e. The van der Waals surface area contributed by atoms with E-state index in [-0.39, 0.29) is 11.8 Å². The Morgan fingerprint density at radius 2 is 1.93 bits per heavy atom. The molecule has 0 aromatic carbocycles. The molecule has 1 rings (SSSR count). The Balaban J connectivity index is 2.92. The molecule has 0 aromatic rings.